The average molecular weight is 325 g/mol. The van der Waals surface area contributed by atoms with Gasteiger partial charge in [0.05, 0.1) is 11.8 Å². The van der Waals surface area contributed by atoms with Gasteiger partial charge >= 0.3 is 5.97 Å². The van der Waals surface area contributed by atoms with Crippen LogP contribution in [0.5, 0.6) is 0 Å². The van der Waals surface area contributed by atoms with Gasteiger partial charge in [-0.2, -0.15) is 0 Å². The van der Waals surface area contributed by atoms with Crippen molar-refractivity contribution in [3.8, 4) is 0 Å². The third-order valence-corrected chi connectivity index (χ3v) is 5.43. The number of nitrogens with one attached hydrogen (secondary N) is 1. The van der Waals surface area contributed by atoms with Gasteiger partial charge in [-0.1, -0.05) is 35.4 Å². The number of fused-ring (bicyclic) bond motifs is 2. The summed E-state index contributed by atoms with van der Waals surface area (Å²) in [5.74, 6) is -2.60. The number of aliphatic carboxylic acids is 1. The van der Waals surface area contributed by atoms with E-state index in [2.05, 4.69) is 5.32 Å². The van der Waals surface area contributed by atoms with E-state index in [1.807, 2.05) is 58.0 Å². The Morgan fingerprint density at radius 3 is 2.25 bits per heavy atom. The molecule has 4 atom stereocenters. The van der Waals surface area contributed by atoms with E-state index in [1.54, 1.807) is 0 Å². The first kappa shape index (κ1) is 16.5. The Hall–Kier alpha value is -2.36. The van der Waals surface area contributed by atoms with Crippen LogP contribution in [0.4, 0.5) is 5.69 Å². The molecule has 1 fully saturated rings. The standard InChI is InChI=1S/C20H23NO3/c1-10(2)16-13-8-9-14(16)18(20(23)24)17(13)19(22)21-15-7-5-6-11(3)12(15)4/h5-9,13-14,17-18H,1-4H3,(H,21,22)(H,23,24)/t13-,14-,17+,18+/m1/s1. The number of benzene rings is 1. The zero-order chi connectivity index (χ0) is 17.6. The predicted octanol–water partition coefficient (Wildman–Crippen LogP) is 3.71. The Morgan fingerprint density at radius 1 is 1.04 bits per heavy atom. The average Bonchev–Trinajstić information content (AvgIpc) is 3.07. The van der Waals surface area contributed by atoms with Gasteiger partial charge in [0.2, 0.25) is 5.91 Å². The molecule has 1 amide bonds. The number of allylic oxidation sites excluding steroid dienone is 4. The van der Waals surface area contributed by atoms with E-state index < -0.39 is 17.8 Å². The van der Waals surface area contributed by atoms with E-state index in [9.17, 15) is 14.7 Å². The number of anilines is 1. The van der Waals surface area contributed by atoms with Crippen LogP contribution in [-0.2, 0) is 9.59 Å². The van der Waals surface area contributed by atoms with E-state index in [1.165, 1.54) is 0 Å². The second kappa shape index (κ2) is 5.93. The van der Waals surface area contributed by atoms with Crippen molar-refractivity contribution in [1.29, 1.82) is 0 Å². The van der Waals surface area contributed by atoms with E-state index in [-0.39, 0.29) is 17.7 Å². The summed E-state index contributed by atoms with van der Waals surface area (Å²) in [6, 6.07) is 5.75. The minimum atomic E-state index is -0.897. The highest BCUT2D eigenvalue weighted by Gasteiger charge is 2.54. The first-order chi connectivity index (χ1) is 11.3. The van der Waals surface area contributed by atoms with Crippen LogP contribution in [0.3, 0.4) is 0 Å². The summed E-state index contributed by atoms with van der Waals surface area (Å²) in [5, 5.41) is 12.6. The zero-order valence-electron chi connectivity index (χ0n) is 14.5. The third kappa shape index (κ3) is 2.46. The predicted molar refractivity (Wildman–Crippen MR) is 93.7 cm³/mol. The van der Waals surface area contributed by atoms with Crippen LogP contribution in [0.15, 0.2) is 41.5 Å². The molecule has 0 heterocycles. The number of carboxylic acids is 1. The molecule has 1 aromatic rings. The second-order valence-electron chi connectivity index (χ2n) is 7.02. The lowest BCUT2D eigenvalue weighted by molar-refractivity contribution is -0.146. The molecule has 0 unspecified atom stereocenters. The molecular weight excluding hydrogens is 302 g/mol. The monoisotopic (exact) mass is 325 g/mol. The topological polar surface area (TPSA) is 66.4 Å². The highest BCUT2D eigenvalue weighted by atomic mass is 16.4. The van der Waals surface area contributed by atoms with Gasteiger partial charge in [0.1, 0.15) is 0 Å². The van der Waals surface area contributed by atoms with Crippen molar-refractivity contribution in [2.75, 3.05) is 5.32 Å². The summed E-state index contributed by atoms with van der Waals surface area (Å²) >= 11 is 0. The molecule has 24 heavy (non-hydrogen) atoms. The van der Waals surface area contributed by atoms with Crippen molar-refractivity contribution in [2.45, 2.75) is 27.7 Å². The molecule has 4 nitrogen and oxygen atoms in total. The summed E-state index contributed by atoms with van der Waals surface area (Å²) < 4.78 is 0. The SMILES string of the molecule is CC(C)=C1[C@H]2C=C[C@H]1[C@H](C(=O)Nc1cccc(C)c1C)[C@H]2C(=O)O. The van der Waals surface area contributed by atoms with Crippen molar-refractivity contribution < 1.29 is 14.7 Å². The van der Waals surface area contributed by atoms with Crippen LogP contribution in [0.1, 0.15) is 25.0 Å². The molecule has 1 saturated carbocycles. The Morgan fingerprint density at radius 2 is 1.67 bits per heavy atom. The highest BCUT2D eigenvalue weighted by molar-refractivity contribution is 5.97. The van der Waals surface area contributed by atoms with Crippen LogP contribution in [0.2, 0.25) is 0 Å². The largest absolute Gasteiger partial charge is 0.481 e. The maximum atomic E-state index is 12.9. The Balaban J connectivity index is 1.94. The summed E-state index contributed by atoms with van der Waals surface area (Å²) in [6.07, 6.45) is 3.95. The Bertz CT molecular complexity index is 771. The quantitative estimate of drug-likeness (QED) is 0.833. The lowest BCUT2D eigenvalue weighted by Gasteiger charge is -2.24. The van der Waals surface area contributed by atoms with Gasteiger partial charge in [-0.05, 0) is 44.9 Å². The molecule has 2 N–H and O–H groups in total. The fourth-order valence-electron chi connectivity index (χ4n) is 4.14. The molecule has 0 aromatic heterocycles. The maximum absolute atomic E-state index is 12.9. The number of hydrogen-bond donors (Lipinski definition) is 2. The van der Waals surface area contributed by atoms with Gasteiger partial charge in [-0.3, -0.25) is 9.59 Å². The summed E-state index contributed by atoms with van der Waals surface area (Å²) in [4.78, 5) is 24.7. The second-order valence-corrected chi connectivity index (χ2v) is 7.02. The Labute approximate surface area is 142 Å². The van der Waals surface area contributed by atoms with Gasteiger partial charge in [-0.25, -0.2) is 0 Å². The van der Waals surface area contributed by atoms with E-state index in [0.717, 1.165) is 28.0 Å². The molecule has 0 saturated heterocycles. The summed E-state index contributed by atoms with van der Waals surface area (Å²) in [7, 11) is 0. The van der Waals surface area contributed by atoms with E-state index in [0.29, 0.717) is 0 Å². The van der Waals surface area contributed by atoms with Crippen LogP contribution >= 0.6 is 0 Å². The molecule has 2 aliphatic carbocycles. The van der Waals surface area contributed by atoms with Gasteiger partial charge in [0.15, 0.2) is 0 Å². The molecule has 2 aliphatic rings. The first-order valence-electron chi connectivity index (χ1n) is 8.28. The van der Waals surface area contributed by atoms with Crippen LogP contribution in [0.25, 0.3) is 0 Å². The number of amides is 1. The van der Waals surface area contributed by atoms with Crippen LogP contribution in [-0.4, -0.2) is 17.0 Å². The fourth-order valence-corrected chi connectivity index (χ4v) is 4.14. The normalized spacial score (nSPS) is 27.4. The van der Waals surface area contributed by atoms with Crippen molar-refractivity contribution in [2.24, 2.45) is 23.7 Å². The number of aryl methyl sites for hydroxylation is 1. The minimum absolute atomic E-state index is 0.105. The maximum Gasteiger partial charge on any atom is 0.308 e. The molecule has 0 aliphatic heterocycles. The lowest BCUT2D eigenvalue weighted by Crippen LogP contribution is -2.36. The number of rotatable bonds is 3. The van der Waals surface area contributed by atoms with Crippen molar-refractivity contribution in [1.82, 2.24) is 0 Å². The molecule has 0 spiro atoms. The van der Waals surface area contributed by atoms with Crippen molar-refractivity contribution >= 4 is 17.6 Å². The number of hydrogen-bond acceptors (Lipinski definition) is 2. The molecule has 1 aromatic carbocycles. The van der Waals surface area contributed by atoms with Gasteiger partial charge in [0, 0.05) is 17.5 Å². The smallest absolute Gasteiger partial charge is 0.308 e. The lowest BCUT2D eigenvalue weighted by atomic mass is 9.82. The zero-order valence-corrected chi connectivity index (χ0v) is 14.5. The molecule has 126 valence electrons. The van der Waals surface area contributed by atoms with Gasteiger partial charge in [0.25, 0.3) is 0 Å². The molecule has 4 heteroatoms. The Kier molecular flexibility index (Phi) is 4.08. The number of carboxylic acid groups (broad SMARTS) is 1. The van der Waals surface area contributed by atoms with E-state index >= 15 is 0 Å². The number of carbonyl (C=O) groups is 2. The van der Waals surface area contributed by atoms with Gasteiger partial charge in [-0.15, -0.1) is 0 Å². The molecule has 2 bridgehead atoms. The summed E-state index contributed by atoms with van der Waals surface area (Å²) in [6.45, 7) is 7.94. The fraction of sp³-hybridized carbons (Fsp3) is 0.400. The van der Waals surface area contributed by atoms with Crippen LogP contribution < -0.4 is 5.32 Å². The van der Waals surface area contributed by atoms with Crippen LogP contribution in [0, 0.1) is 37.5 Å². The highest BCUT2D eigenvalue weighted by Crippen LogP contribution is 2.53. The van der Waals surface area contributed by atoms with Crippen molar-refractivity contribution in [3.05, 3.63) is 52.6 Å². The number of carbonyl (C=O) groups excluding carboxylic acids is 1. The first-order valence-corrected chi connectivity index (χ1v) is 8.28. The molecule has 0 radical (unpaired) electrons. The third-order valence-electron chi connectivity index (χ3n) is 5.43. The van der Waals surface area contributed by atoms with Crippen molar-refractivity contribution in [3.63, 3.8) is 0 Å². The van der Waals surface area contributed by atoms with E-state index in [4.69, 9.17) is 0 Å². The molecular formula is C20H23NO3. The minimum Gasteiger partial charge on any atom is -0.481 e. The van der Waals surface area contributed by atoms with Gasteiger partial charge < -0.3 is 10.4 Å². The summed E-state index contributed by atoms with van der Waals surface area (Å²) in [5.41, 5.74) is 5.08. The molecule has 3 rings (SSSR count).